The Balaban J connectivity index is 2.17. The number of hydrogen-bond acceptors (Lipinski definition) is 3. The van der Waals surface area contributed by atoms with E-state index >= 15 is 0 Å². The van der Waals surface area contributed by atoms with Crippen molar-refractivity contribution in [2.24, 2.45) is 5.73 Å². The molecule has 1 atom stereocenters. The maximum Gasteiger partial charge on any atom is 0.160 e. The molecule has 0 spiro atoms. The maximum absolute atomic E-state index is 6.28. The highest BCUT2D eigenvalue weighted by molar-refractivity contribution is 14.1. The Kier molecular flexibility index (Phi) is 5.25. The molecule has 0 amide bonds. The molecule has 0 saturated heterocycles. The van der Waals surface area contributed by atoms with Gasteiger partial charge in [0.15, 0.2) is 11.5 Å². The van der Waals surface area contributed by atoms with Gasteiger partial charge in [0.05, 0.1) is 14.2 Å². The van der Waals surface area contributed by atoms with Crippen LogP contribution >= 0.6 is 22.6 Å². The Bertz CT molecular complexity index is 586. The van der Waals surface area contributed by atoms with Gasteiger partial charge in [0.25, 0.3) is 0 Å². The first-order chi connectivity index (χ1) is 9.63. The standard InChI is InChI=1S/C16H18INO2/c1-19-15-7-6-11(9-16(15)20-2)8-14(18)12-4-3-5-13(17)10-12/h3-7,9-10,14H,8,18H2,1-2H3. The Labute approximate surface area is 133 Å². The van der Waals surface area contributed by atoms with Gasteiger partial charge >= 0.3 is 0 Å². The third-order valence-electron chi connectivity index (χ3n) is 3.18. The molecule has 4 heteroatoms. The molecule has 0 bridgehead atoms. The summed E-state index contributed by atoms with van der Waals surface area (Å²) in [4.78, 5) is 0. The summed E-state index contributed by atoms with van der Waals surface area (Å²) in [5, 5.41) is 0. The number of hydrogen-bond donors (Lipinski definition) is 1. The van der Waals surface area contributed by atoms with Crippen molar-refractivity contribution in [2.75, 3.05) is 14.2 Å². The van der Waals surface area contributed by atoms with Crippen molar-refractivity contribution < 1.29 is 9.47 Å². The summed E-state index contributed by atoms with van der Waals surface area (Å²) < 4.78 is 11.8. The predicted octanol–water partition coefficient (Wildman–Crippen LogP) is 3.55. The Morgan fingerprint density at radius 1 is 1.05 bits per heavy atom. The summed E-state index contributed by atoms with van der Waals surface area (Å²) in [7, 11) is 3.27. The summed E-state index contributed by atoms with van der Waals surface area (Å²) in [6.45, 7) is 0. The van der Waals surface area contributed by atoms with E-state index in [0.717, 1.165) is 29.0 Å². The number of ether oxygens (including phenoxy) is 2. The predicted molar refractivity (Wildman–Crippen MR) is 89.3 cm³/mol. The summed E-state index contributed by atoms with van der Waals surface area (Å²) >= 11 is 2.30. The minimum Gasteiger partial charge on any atom is -0.493 e. The van der Waals surface area contributed by atoms with Crippen molar-refractivity contribution in [3.63, 3.8) is 0 Å². The van der Waals surface area contributed by atoms with E-state index < -0.39 is 0 Å². The molecule has 106 valence electrons. The van der Waals surface area contributed by atoms with Gasteiger partial charge in [-0.25, -0.2) is 0 Å². The molecular formula is C16H18INO2. The molecule has 2 aromatic carbocycles. The lowest BCUT2D eigenvalue weighted by atomic mass is 9.99. The average molecular weight is 383 g/mol. The van der Waals surface area contributed by atoms with Crippen LogP contribution in [-0.2, 0) is 6.42 Å². The molecule has 0 saturated carbocycles. The first kappa shape index (κ1) is 15.1. The van der Waals surface area contributed by atoms with Gasteiger partial charge in [-0.2, -0.15) is 0 Å². The molecule has 0 radical (unpaired) electrons. The van der Waals surface area contributed by atoms with Crippen molar-refractivity contribution in [3.05, 3.63) is 57.2 Å². The topological polar surface area (TPSA) is 44.5 Å². The number of halogens is 1. The van der Waals surface area contributed by atoms with E-state index in [1.165, 1.54) is 3.57 Å². The largest absolute Gasteiger partial charge is 0.493 e. The van der Waals surface area contributed by atoms with Crippen LogP contribution in [0.4, 0.5) is 0 Å². The Hall–Kier alpha value is -1.27. The van der Waals surface area contributed by atoms with Crippen LogP contribution in [0, 0.1) is 3.57 Å². The highest BCUT2D eigenvalue weighted by Crippen LogP contribution is 2.29. The zero-order valence-corrected chi connectivity index (χ0v) is 13.8. The zero-order chi connectivity index (χ0) is 14.5. The molecule has 2 N–H and O–H groups in total. The number of methoxy groups -OCH3 is 2. The van der Waals surface area contributed by atoms with E-state index in [2.05, 4.69) is 40.8 Å². The molecule has 0 fully saturated rings. The molecule has 0 aromatic heterocycles. The summed E-state index contributed by atoms with van der Waals surface area (Å²) in [5.41, 5.74) is 8.56. The number of benzene rings is 2. The quantitative estimate of drug-likeness (QED) is 0.804. The van der Waals surface area contributed by atoms with Crippen molar-refractivity contribution in [3.8, 4) is 11.5 Å². The molecule has 2 rings (SSSR count). The highest BCUT2D eigenvalue weighted by Gasteiger charge is 2.10. The van der Waals surface area contributed by atoms with Gasteiger partial charge in [-0.15, -0.1) is 0 Å². The maximum atomic E-state index is 6.28. The van der Waals surface area contributed by atoms with Gasteiger partial charge in [-0.05, 0) is 64.4 Å². The van der Waals surface area contributed by atoms with Gasteiger partial charge in [-0.3, -0.25) is 0 Å². The fourth-order valence-corrected chi connectivity index (χ4v) is 2.68. The third kappa shape index (κ3) is 3.64. The number of rotatable bonds is 5. The Morgan fingerprint density at radius 2 is 1.80 bits per heavy atom. The van der Waals surface area contributed by atoms with Crippen LogP contribution in [-0.4, -0.2) is 14.2 Å². The van der Waals surface area contributed by atoms with Crippen molar-refractivity contribution in [1.29, 1.82) is 0 Å². The van der Waals surface area contributed by atoms with Crippen LogP contribution in [0.2, 0.25) is 0 Å². The van der Waals surface area contributed by atoms with Crippen molar-refractivity contribution in [1.82, 2.24) is 0 Å². The first-order valence-corrected chi connectivity index (χ1v) is 7.44. The monoisotopic (exact) mass is 383 g/mol. The molecule has 3 nitrogen and oxygen atoms in total. The van der Waals surface area contributed by atoms with E-state index in [4.69, 9.17) is 15.2 Å². The van der Waals surface area contributed by atoms with Crippen molar-refractivity contribution in [2.45, 2.75) is 12.5 Å². The normalized spacial score (nSPS) is 12.0. The van der Waals surface area contributed by atoms with E-state index in [9.17, 15) is 0 Å². The van der Waals surface area contributed by atoms with Crippen LogP contribution in [0.3, 0.4) is 0 Å². The second-order valence-electron chi connectivity index (χ2n) is 4.55. The minimum absolute atomic E-state index is 0.0252. The van der Waals surface area contributed by atoms with E-state index in [0.29, 0.717) is 0 Å². The van der Waals surface area contributed by atoms with Gasteiger partial charge < -0.3 is 15.2 Å². The molecule has 0 heterocycles. The molecule has 1 unspecified atom stereocenters. The summed E-state index contributed by atoms with van der Waals surface area (Å²) in [6.07, 6.45) is 0.764. The van der Waals surface area contributed by atoms with Crippen LogP contribution < -0.4 is 15.2 Å². The van der Waals surface area contributed by atoms with Crippen LogP contribution in [0.15, 0.2) is 42.5 Å². The first-order valence-electron chi connectivity index (χ1n) is 6.36. The second-order valence-corrected chi connectivity index (χ2v) is 5.80. The lowest BCUT2D eigenvalue weighted by Gasteiger charge is -2.14. The SMILES string of the molecule is COc1ccc(CC(N)c2cccc(I)c2)cc1OC. The van der Waals surface area contributed by atoms with E-state index in [1.807, 2.05) is 24.3 Å². The lowest BCUT2D eigenvalue weighted by Crippen LogP contribution is -2.13. The van der Waals surface area contributed by atoms with Crippen LogP contribution in [0.5, 0.6) is 11.5 Å². The third-order valence-corrected chi connectivity index (χ3v) is 3.85. The molecule has 0 aliphatic heterocycles. The molecule has 20 heavy (non-hydrogen) atoms. The van der Waals surface area contributed by atoms with E-state index in [-0.39, 0.29) is 6.04 Å². The molecular weight excluding hydrogens is 365 g/mol. The fourth-order valence-electron chi connectivity index (χ4n) is 2.12. The molecule has 0 aliphatic carbocycles. The average Bonchev–Trinajstić information content (AvgIpc) is 2.47. The van der Waals surface area contributed by atoms with Crippen LogP contribution in [0.25, 0.3) is 0 Å². The number of nitrogens with two attached hydrogens (primary N) is 1. The van der Waals surface area contributed by atoms with Crippen LogP contribution in [0.1, 0.15) is 17.2 Å². The lowest BCUT2D eigenvalue weighted by molar-refractivity contribution is 0.354. The smallest absolute Gasteiger partial charge is 0.160 e. The summed E-state index contributed by atoms with van der Waals surface area (Å²) in [5.74, 6) is 1.47. The van der Waals surface area contributed by atoms with Crippen molar-refractivity contribution >= 4 is 22.6 Å². The molecule has 0 aliphatic rings. The zero-order valence-electron chi connectivity index (χ0n) is 11.6. The second kappa shape index (κ2) is 6.95. The van der Waals surface area contributed by atoms with Gasteiger partial charge in [0, 0.05) is 9.61 Å². The van der Waals surface area contributed by atoms with Gasteiger partial charge in [0.2, 0.25) is 0 Å². The van der Waals surface area contributed by atoms with E-state index in [1.54, 1.807) is 14.2 Å². The Morgan fingerprint density at radius 3 is 2.45 bits per heavy atom. The fraction of sp³-hybridized carbons (Fsp3) is 0.250. The highest BCUT2D eigenvalue weighted by atomic mass is 127. The molecule has 2 aromatic rings. The summed E-state index contributed by atoms with van der Waals surface area (Å²) in [6, 6.07) is 14.2. The van der Waals surface area contributed by atoms with Gasteiger partial charge in [0.1, 0.15) is 0 Å². The van der Waals surface area contributed by atoms with Gasteiger partial charge in [-0.1, -0.05) is 18.2 Å². The minimum atomic E-state index is -0.0252.